The van der Waals surface area contributed by atoms with Crippen molar-refractivity contribution in [1.29, 1.82) is 0 Å². The van der Waals surface area contributed by atoms with Gasteiger partial charge in [-0.3, -0.25) is 9.48 Å². The number of amides is 1. The van der Waals surface area contributed by atoms with Crippen LogP contribution in [0.3, 0.4) is 0 Å². The lowest BCUT2D eigenvalue weighted by Gasteiger charge is -2.05. The summed E-state index contributed by atoms with van der Waals surface area (Å²) in [4.78, 5) is 15.8. The molecule has 0 aliphatic carbocycles. The second kappa shape index (κ2) is 5.99. The molecule has 0 saturated heterocycles. The van der Waals surface area contributed by atoms with Crippen LogP contribution >= 0.6 is 0 Å². The monoisotopic (exact) mass is 260 g/mol. The standard InChI is InChI=1S/C13H16N4O2/c1-17-9-15-12(16-17)6-7-14-13(19)8-10-4-2-3-5-11(10)18/h2-5,9,18H,6-8H2,1H3,(H,14,19). The number of hydrogen-bond donors (Lipinski definition) is 2. The van der Waals surface area contributed by atoms with E-state index in [4.69, 9.17) is 0 Å². The fourth-order valence-electron chi connectivity index (χ4n) is 1.71. The first-order chi connectivity index (χ1) is 9.15. The molecule has 100 valence electrons. The summed E-state index contributed by atoms with van der Waals surface area (Å²) < 4.78 is 1.62. The summed E-state index contributed by atoms with van der Waals surface area (Å²) in [6.45, 7) is 0.483. The molecule has 1 aromatic heterocycles. The number of carbonyl (C=O) groups excluding carboxylic acids is 1. The highest BCUT2D eigenvalue weighted by atomic mass is 16.3. The van der Waals surface area contributed by atoms with E-state index in [1.165, 1.54) is 0 Å². The minimum Gasteiger partial charge on any atom is -0.508 e. The molecule has 0 aliphatic heterocycles. The molecule has 2 aromatic rings. The van der Waals surface area contributed by atoms with Gasteiger partial charge in [0.1, 0.15) is 12.1 Å². The third kappa shape index (κ3) is 3.80. The molecule has 2 rings (SSSR count). The van der Waals surface area contributed by atoms with Gasteiger partial charge in [0.2, 0.25) is 5.91 Å². The van der Waals surface area contributed by atoms with Crippen LogP contribution in [-0.4, -0.2) is 32.3 Å². The topological polar surface area (TPSA) is 80.0 Å². The Kier molecular flexibility index (Phi) is 4.12. The molecule has 0 fully saturated rings. The normalized spacial score (nSPS) is 10.4. The molecular weight excluding hydrogens is 244 g/mol. The second-order valence-corrected chi connectivity index (χ2v) is 4.24. The Morgan fingerprint density at radius 3 is 2.89 bits per heavy atom. The first-order valence-corrected chi connectivity index (χ1v) is 6.03. The zero-order chi connectivity index (χ0) is 13.7. The summed E-state index contributed by atoms with van der Waals surface area (Å²) in [5.41, 5.74) is 0.621. The summed E-state index contributed by atoms with van der Waals surface area (Å²) in [5, 5.41) is 16.5. The maximum Gasteiger partial charge on any atom is 0.224 e. The summed E-state index contributed by atoms with van der Waals surface area (Å²) in [6.07, 6.45) is 2.38. The molecule has 6 heteroatoms. The number of carbonyl (C=O) groups is 1. The Bertz CT molecular complexity index is 565. The highest BCUT2D eigenvalue weighted by Gasteiger charge is 2.07. The number of aromatic nitrogens is 3. The molecular formula is C13H16N4O2. The molecule has 1 heterocycles. The Labute approximate surface area is 111 Å². The van der Waals surface area contributed by atoms with Crippen LogP contribution < -0.4 is 5.32 Å². The Hall–Kier alpha value is -2.37. The zero-order valence-electron chi connectivity index (χ0n) is 10.7. The lowest BCUT2D eigenvalue weighted by atomic mass is 10.1. The fraction of sp³-hybridized carbons (Fsp3) is 0.308. The number of rotatable bonds is 5. The molecule has 19 heavy (non-hydrogen) atoms. The fourth-order valence-corrected chi connectivity index (χ4v) is 1.71. The van der Waals surface area contributed by atoms with Crippen LogP contribution in [0.25, 0.3) is 0 Å². The highest BCUT2D eigenvalue weighted by Crippen LogP contribution is 2.15. The van der Waals surface area contributed by atoms with E-state index in [9.17, 15) is 9.90 Å². The highest BCUT2D eigenvalue weighted by molar-refractivity contribution is 5.79. The lowest BCUT2D eigenvalue weighted by molar-refractivity contribution is -0.120. The third-order valence-corrected chi connectivity index (χ3v) is 2.66. The van der Waals surface area contributed by atoms with Crippen LogP contribution in [0.5, 0.6) is 5.75 Å². The minimum absolute atomic E-state index is 0.127. The van der Waals surface area contributed by atoms with Gasteiger partial charge in [0.15, 0.2) is 5.82 Å². The molecule has 2 N–H and O–H groups in total. The Balaban J connectivity index is 1.77. The minimum atomic E-state index is -0.127. The van der Waals surface area contributed by atoms with E-state index in [1.807, 2.05) is 0 Å². The number of phenols is 1. The summed E-state index contributed by atoms with van der Waals surface area (Å²) >= 11 is 0. The molecule has 1 aromatic carbocycles. The predicted octanol–water partition coefficient (Wildman–Crippen LogP) is 0.422. The first-order valence-electron chi connectivity index (χ1n) is 6.03. The number of benzene rings is 1. The quantitative estimate of drug-likeness (QED) is 0.816. The van der Waals surface area contributed by atoms with E-state index in [2.05, 4.69) is 15.4 Å². The van der Waals surface area contributed by atoms with Crippen molar-refractivity contribution in [1.82, 2.24) is 20.1 Å². The van der Waals surface area contributed by atoms with Gasteiger partial charge in [0.25, 0.3) is 0 Å². The lowest BCUT2D eigenvalue weighted by Crippen LogP contribution is -2.27. The predicted molar refractivity (Wildman–Crippen MR) is 69.5 cm³/mol. The van der Waals surface area contributed by atoms with Gasteiger partial charge in [-0.05, 0) is 6.07 Å². The molecule has 0 bridgehead atoms. The third-order valence-electron chi connectivity index (χ3n) is 2.66. The molecule has 0 aliphatic rings. The van der Waals surface area contributed by atoms with Crippen LogP contribution in [0.4, 0.5) is 0 Å². The van der Waals surface area contributed by atoms with Crippen molar-refractivity contribution in [3.8, 4) is 5.75 Å². The van der Waals surface area contributed by atoms with Gasteiger partial charge >= 0.3 is 0 Å². The number of aromatic hydroxyl groups is 1. The van der Waals surface area contributed by atoms with Crippen LogP contribution in [0, 0.1) is 0 Å². The van der Waals surface area contributed by atoms with Gasteiger partial charge in [-0.1, -0.05) is 18.2 Å². The molecule has 6 nitrogen and oxygen atoms in total. The molecule has 0 saturated carbocycles. The van der Waals surface area contributed by atoms with E-state index in [-0.39, 0.29) is 18.1 Å². The average molecular weight is 260 g/mol. The van der Waals surface area contributed by atoms with Crippen LogP contribution in [0.2, 0.25) is 0 Å². The summed E-state index contributed by atoms with van der Waals surface area (Å²) in [6, 6.07) is 6.82. The molecule has 0 radical (unpaired) electrons. The zero-order valence-corrected chi connectivity index (χ0v) is 10.7. The molecule has 0 atom stereocenters. The SMILES string of the molecule is Cn1cnc(CCNC(=O)Cc2ccccc2O)n1. The van der Waals surface area contributed by atoms with Crippen molar-refractivity contribution in [3.05, 3.63) is 42.0 Å². The number of para-hydroxylation sites is 1. The van der Waals surface area contributed by atoms with Gasteiger partial charge in [0.05, 0.1) is 6.42 Å². The maximum atomic E-state index is 11.7. The van der Waals surface area contributed by atoms with Gasteiger partial charge in [0, 0.05) is 25.6 Å². The van der Waals surface area contributed by atoms with Crippen molar-refractivity contribution >= 4 is 5.91 Å². The molecule has 1 amide bonds. The van der Waals surface area contributed by atoms with Crippen molar-refractivity contribution in [2.24, 2.45) is 7.05 Å². The number of hydrogen-bond acceptors (Lipinski definition) is 4. The van der Waals surface area contributed by atoms with E-state index >= 15 is 0 Å². The van der Waals surface area contributed by atoms with Gasteiger partial charge in [-0.15, -0.1) is 0 Å². The van der Waals surface area contributed by atoms with Gasteiger partial charge < -0.3 is 10.4 Å². The van der Waals surface area contributed by atoms with E-state index in [0.29, 0.717) is 24.4 Å². The summed E-state index contributed by atoms with van der Waals surface area (Å²) in [5.74, 6) is 0.715. The maximum absolute atomic E-state index is 11.7. The second-order valence-electron chi connectivity index (χ2n) is 4.24. The van der Waals surface area contributed by atoms with Crippen molar-refractivity contribution in [2.75, 3.05) is 6.54 Å². The number of aryl methyl sites for hydroxylation is 1. The Morgan fingerprint density at radius 1 is 1.42 bits per heavy atom. The van der Waals surface area contributed by atoms with Gasteiger partial charge in [-0.25, -0.2) is 4.98 Å². The smallest absolute Gasteiger partial charge is 0.224 e. The number of phenolic OH excluding ortho intramolecular Hbond substituents is 1. The summed E-state index contributed by atoms with van der Waals surface area (Å²) in [7, 11) is 1.80. The van der Waals surface area contributed by atoms with Crippen molar-refractivity contribution < 1.29 is 9.90 Å². The largest absolute Gasteiger partial charge is 0.508 e. The first kappa shape index (κ1) is 13.1. The average Bonchev–Trinajstić information content (AvgIpc) is 2.78. The van der Waals surface area contributed by atoms with E-state index < -0.39 is 0 Å². The molecule has 0 unspecified atom stereocenters. The number of nitrogens with zero attached hydrogens (tertiary/aromatic N) is 3. The van der Waals surface area contributed by atoms with E-state index in [0.717, 1.165) is 0 Å². The number of nitrogens with one attached hydrogen (secondary N) is 1. The van der Waals surface area contributed by atoms with Crippen molar-refractivity contribution in [2.45, 2.75) is 12.8 Å². The van der Waals surface area contributed by atoms with Crippen LogP contribution in [0.15, 0.2) is 30.6 Å². The van der Waals surface area contributed by atoms with Crippen LogP contribution in [-0.2, 0) is 24.7 Å². The van der Waals surface area contributed by atoms with Gasteiger partial charge in [-0.2, -0.15) is 5.10 Å². The van der Waals surface area contributed by atoms with E-state index in [1.54, 1.807) is 42.3 Å². The molecule has 0 spiro atoms. The Morgan fingerprint density at radius 2 is 2.21 bits per heavy atom. The van der Waals surface area contributed by atoms with Crippen molar-refractivity contribution in [3.63, 3.8) is 0 Å². The van der Waals surface area contributed by atoms with Crippen LogP contribution in [0.1, 0.15) is 11.4 Å².